The Balaban J connectivity index is 2.18. The highest BCUT2D eigenvalue weighted by Gasteiger charge is 2.39. The third-order valence-electron chi connectivity index (χ3n) is 3.64. The van der Waals surface area contributed by atoms with Gasteiger partial charge in [-0.25, -0.2) is 4.39 Å². The van der Waals surface area contributed by atoms with Gasteiger partial charge in [-0.3, -0.25) is 4.79 Å². The van der Waals surface area contributed by atoms with E-state index in [9.17, 15) is 9.18 Å². The van der Waals surface area contributed by atoms with E-state index in [4.69, 9.17) is 16.3 Å². The predicted octanol–water partition coefficient (Wildman–Crippen LogP) is 2.43. The number of anilines is 1. The van der Waals surface area contributed by atoms with Crippen molar-refractivity contribution in [3.8, 4) is 0 Å². The van der Waals surface area contributed by atoms with Crippen molar-refractivity contribution in [2.75, 3.05) is 32.1 Å². The Hall–Kier alpha value is -1.17. The van der Waals surface area contributed by atoms with Crippen LogP contribution in [0.4, 0.5) is 10.1 Å². The number of carbonyl (C=O) groups excluding carboxylic acids is 1. The number of amides is 1. The van der Waals surface area contributed by atoms with E-state index in [-0.39, 0.29) is 11.6 Å². The van der Waals surface area contributed by atoms with Gasteiger partial charge in [0.25, 0.3) is 0 Å². The Morgan fingerprint density at radius 2 is 2.20 bits per heavy atom. The summed E-state index contributed by atoms with van der Waals surface area (Å²) in [6, 6.07) is 4.10. The number of benzene rings is 1. The number of methoxy groups -OCH3 is 1. The van der Waals surface area contributed by atoms with Gasteiger partial charge in [-0.2, -0.15) is 0 Å². The van der Waals surface area contributed by atoms with Gasteiger partial charge in [0.15, 0.2) is 0 Å². The van der Waals surface area contributed by atoms with E-state index in [1.807, 2.05) is 0 Å². The number of ether oxygens (including phenoxy) is 1. The molecule has 1 aromatic carbocycles. The van der Waals surface area contributed by atoms with Crippen LogP contribution in [0.3, 0.4) is 0 Å². The van der Waals surface area contributed by atoms with Gasteiger partial charge in [0.1, 0.15) is 5.82 Å². The SMILES string of the molecule is COCC1(C(=O)Nc2cc(Cl)ccc2F)CCNCC1. The maximum atomic E-state index is 13.7. The Bertz CT molecular complexity index is 485. The zero-order valence-electron chi connectivity index (χ0n) is 11.3. The van der Waals surface area contributed by atoms with Crippen LogP contribution in [0, 0.1) is 11.2 Å². The standard InChI is InChI=1S/C14H18ClFN2O2/c1-20-9-14(4-6-17-7-5-14)13(19)18-12-8-10(15)2-3-11(12)16/h2-3,8,17H,4-7,9H2,1H3,(H,18,19). The van der Waals surface area contributed by atoms with Gasteiger partial charge in [-0.05, 0) is 44.1 Å². The van der Waals surface area contributed by atoms with Crippen molar-refractivity contribution >= 4 is 23.2 Å². The number of carbonyl (C=O) groups is 1. The molecule has 0 spiro atoms. The van der Waals surface area contributed by atoms with Crippen molar-refractivity contribution < 1.29 is 13.9 Å². The first kappa shape index (κ1) is 15.2. The number of halogens is 2. The van der Waals surface area contributed by atoms with Gasteiger partial charge < -0.3 is 15.4 Å². The smallest absolute Gasteiger partial charge is 0.233 e. The number of nitrogens with one attached hydrogen (secondary N) is 2. The lowest BCUT2D eigenvalue weighted by atomic mass is 9.78. The van der Waals surface area contributed by atoms with E-state index >= 15 is 0 Å². The molecule has 20 heavy (non-hydrogen) atoms. The quantitative estimate of drug-likeness (QED) is 0.898. The molecule has 4 nitrogen and oxygen atoms in total. The fraction of sp³-hybridized carbons (Fsp3) is 0.500. The lowest BCUT2D eigenvalue weighted by molar-refractivity contribution is -0.130. The number of piperidine rings is 1. The second-order valence-electron chi connectivity index (χ2n) is 5.04. The molecule has 0 atom stereocenters. The Labute approximate surface area is 122 Å². The van der Waals surface area contributed by atoms with Crippen molar-refractivity contribution in [1.82, 2.24) is 5.32 Å². The molecule has 0 bridgehead atoms. The van der Waals surface area contributed by atoms with Gasteiger partial charge in [0, 0.05) is 12.1 Å². The summed E-state index contributed by atoms with van der Waals surface area (Å²) in [6.07, 6.45) is 1.32. The monoisotopic (exact) mass is 300 g/mol. The minimum absolute atomic E-state index is 0.108. The summed E-state index contributed by atoms with van der Waals surface area (Å²) in [7, 11) is 1.57. The molecule has 0 radical (unpaired) electrons. The van der Waals surface area contributed by atoms with Crippen molar-refractivity contribution in [1.29, 1.82) is 0 Å². The minimum Gasteiger partial charge on any atom is -0.384 e. The van der Waals surface area contributed by atoms with Gasteiger partial charge in [-0.1, -0.05) is 11.6 Å². The molecule has 1 fully saturated rings. The number of hydrogen-bond donors (Lipinski definition) is 2. The van der Waals surface area contributed by atoms with Crippen LogP contribution in [0.5, 0.6) is 0 Å². The minimum atomic E-state index is -0.616. The normalized spacial score (nSPS) is 17.8. The van der Waals surface area contributed by atoms with Crippen LogP contribution in [0.25, 0.3) is 0 Å². The summed E-state index contributed by atoms with van der Waals surface area (Å²) >= 11 is 5.83. The molecule has 1 saturated heterocycles. The molecular weight excluding hydrogens is 283 g/mol. The van der Waals surface area contributed by atoms with Crippen molar-refractivity contribution in [2.45, 2.75) is 12.8 Å². The average Bonchev–Trinajstić information content (AvgIpc) is 2.44. The first-order chi connectivity index (χ1) is 9.57. The van der Waals surface area contributed by atoms with E-state index in [1.54, 1.807) is 7.11 Å². The summed E-state index contributed by atoms with van der Waals surface area (Å²) in [6.45, 7) is 1.81. The summed E-state index contributed by atoms with van der Waals surface area (Å²) in [5, 5.41) is 6.23. The molecular formula is C14H18ClFN2O2. The molecule has 2 rings (SSSR count). The van der Waals surface area contributed by atoms with E-state index in [0.717, 1.165) is 13.1 Å². The van der Waals surface area contributed by atoms with Gasteiger partial charge in [0.05, 0.1) is 17.7 Å². The fourth-order valence-corrected chi connectivity index (χ4v) is 2.64. The summed E-state index contributed by atoms with van der Waals surface area (Å²) in [4.78, 5) is 12.5. The summed E-state index contributed by atoms with van der Waals surface area (Å²) in [5.74, 6) is -0.716. The molecule has 0 unspecified atom stereocenters. The Kier molecular flexibility index (Phi) is 4.96. The highest BCUT2D eigenvalue weighted by atomic mass is 35.5. The van der Waals surface area contributed by atoms with Gasteiger partial charge in [0.2, 0.25) is 5.91 Å². The number of hydrogen-bond acceptors (Lipinski definition) is 3. The fourth-order valence-electron chi connectivity index (χ4n) is 2.47. The van der Waals surface area contributed by atoms with Crippen LogP contribution in [-0.2, 0) is 9.53 Å². The second-order valence-corrected chi connectivity index (χ2v) is 5.48. The van der Waals surface area contributed by atoms with Crippen LogP contribution in [0.15, 0.2) is 18.2 Å². The topological polar surface area (TPSA) is 50.4 Å². The van der Waals surface area contributed by atoms with Crippen molar-refractivity contribution in [2.24, 2.45) is 5.41 Å². The van der Waals surface area contributed by atoms with E-state index in [1.165, 1.54) is 18.2 Å². The first-order valence-electron chi connectivity index (χ1n) is 6.53. The molecule has 1 aromatic rings. The highest BCUT2D eigenvalue weighted by molar-refractivity contribution is 6.30. The van der Waals surface area contributed by atoms with Crippen LogP contribution in [-0.4, -0.2) is 32.7 Å². The highest BCUT2D eigenvalue weighted by Crippen LogP contribution is 2.31. The van der Waals surface area contributed by atoms with Gasteiger partial charge >= 0.3 is 0 Å². The van der Waals surface area contributed by atoms with Crippen LogP contribution < -0.4 is 10.6 Å². The largest absolute Gasteiger partial charge is 0.384 e. The van der Waals surface area contributed by atoms with Crippen molar-refractivity contribution in [3.63, 3.8) is 0 Å². The third-order valence-corrected chi connectivity index (χ3v) is 3.87. The Morgan fingerprint density at radius 3 is 2.85 bits per heavy atom. The Morgan fingerprint density at radius 1 is 1.50 bits per heavy atom. The van der Waals surface area contributed by atoms with E-state index < -0.39 is 11.2 Å². The average molecular weight is 301 g/mol. The summed E-state index contributed by atoms with van der Waals surface area (Å²) < 4.78 is 18.9. The second kappa shape index (κ2) is 6.52. The molecule has 1 aliphatic heterocycles. The molecule has 1 heterocycles. The summed E-state index contributed by atoms with van der Waals surface area (Å²) in [5.41, 5.74) is -0.508. The third kappa shape index (κ3) is 3.29. The van der Waals surface area contributed by atoms with E-state index in [2.05, 4.69) is 10.6 Å². The maximum Gasteiger partial charge on any atom is 0.233 e. The molecule has 0 aliphatic carbocycles. The maximum absolute atomic E-state index is 13.7. The lowest BCUT2D eigenvalue weighted by Crippen LogP contribution is -2.47. The molecule has 2 N–H and O–H groups in total. The van der Waals surface area contributed by atoms with Crippen molar-refractivity contribution in [3.05, 3.63) is 29.0 Å². The first-order valence-corrected chi connectivity index (χ1v) is 6.91. The van der Waals surface area contributed by atoms with Crippen LogP contribution >= 0.6 is 11.6 Å². The van der Waals surface area contributed by atoms with Gasteiger partial charge in [-0.15, -0.1) is 0 Å². The van der Waals surface area contributed by atoms with Crippen LogP contribution in [0.1, 0.15) is 12.8 Å². The molecule has 1 amide bonds. The molecule has 0 saturated carbocycles. The zero-order chi connectivity index (χ0) is 14.6. The molecule has 6 heteroatoms. The molecule has 1 aliphatic rings. The van der Waals surface area contributed by atoms with E-state index in [0.29, 0.717) is 24.5 Å². The lowest BCUT2D eigenvalue weighted by Gasteiger charge is -2.35. The number of rotatable bonds is 4. The molecule has 0 aromatic heterocycles. The van der Waals surface area contributed by atoms with Crippen LogP contribution in [0.2, 0.25) is 5.02 Å². The zero-order valence-corrected chi connectivity index (χ0v) is 12.1. The molecule has 110 valence electrons. The predicted molar refractivity (Wildman–Crippen MR) is 76.5 cm³/mol.